The molecule has 2 nitrogen and oxygen atoms in total. The van der Waals surface area contributed by atoms with Crippen molar-refractivity contribution in [2.45, 2.75) is 78.1 Å². The first-order chi connectivity index (χ1) is 27.0. The van der Waals surface area contributed by atoms with Crippen LogP contribution in [0.2, 0.25) is 0 Å². The standard InChI is InChI=1S/C54H52N2/c1-35(2)44-31-42(56(39-25-17-11-18-26-39)40-27-19-12-20-28-40)33-47-50(44)45-34-48-51(49(36(3)4)52(45)54(47,7)8)43-30-29-41(32-46(43)53(48,5)6)55(37-21-13-9-14-22-37)38-23-15-10-16-24-38/h9-36H,1-8H3. The predicted molar refractivity (Wildman–Crippen MR) is 239 cm³/mol. The number of nitrogens with zero attached hydrogens (tertiary/aromatic N) is 2. The summed E-state index contributed by atoms with van der Waals surface area (Å²) in [7, 11) is 0. The van der Waals surface area contributed by atoms with E-state index in [0.29, 0.717) is 11.8 Å². The molecule has 7 aromatic rings. The lowest BCUT2D eigenvalue weighted by molar-refractivity contribution is 0.636. The molecule has 0 amide bonds. The first-order valence-corrected chi connectivity index (χ1v) is 20.3. The number of hydrogen-bond acceptors (Lipinski definition) is 2. The molecule has 7 aromatic carbocycles. The molecular weight excluding hydrogens is 677 g/mol. The van der Waals surface area contributed by atoms with Crippen LogP contribution in [-0.2, 0) is 10.8 Å². The van der Waals surface area contributed by atoms with Crippen molar-refractivity contribution in [2.75, 3.05) is 9.80 Å². The molecule has 2 aliphatic rings. The van der Waals surface area contributed by atoms with E-state index in [1.165, 1.54) is 78.4 Å². The number of benzene rings is 7. The summed E-state index contributed by atoms with van der Waals surface area (Å²) in [6.45, 7) is 19.4. The van der Waals surface area contributed by atoms with Crippen LogP contribution in [-0.4, -0.2) is 0 Å². The lowest BCUT2D eigenvalue weighted by atomic mass is 9.74. The van der Waals surface area contributed by atoms with Crippen molar-refractivity contribution < 1.29 is 0 Å². The molecule has 2 aliphatic carbocycles. The van der Waals surface area contributed by atoms with Crippen molar-refractivity contribution in [3.05, 3.63) is 191 Å². The van der Waals surface area contributed by atoms with Crippen molar-refractivity contribution in [3.8, 4) is 22.3 Å². The third-order valence-corrected chi connectivity index (χ3v) is 12.5. The summed E-state index contributed by atoms with van der Waals surface area (Å²) in [6, 6.07) is 58.0. The smallest absolute Gasteiger partial charge is 0.0467 e. The van der Waals surface area contributed by atoms with E-state index in [4.69, 9.17) is 0 Å². The lowest BCUT2D eigenvalue weighted by Gasteiger charge is -2.31. The zero-order valence-corrected chi connectivity index (χ0v) is 34.1. The summed E-state index contributed by atoms with van der Waals surface area (Å²) in [4.78, 5) is 4.82. The molecule has 0 saturated carbocycles. The summed E-state index contributed by atoms with van der Waals surface area (Å²) in [5.74, 6) is 0.676. The molecule has 56 heavy (non-hydrogen) atoms. The quantitative estimate of drug-likeness (QED) is 0.154. The predicted octanol–water partition coefficient (Wildman–Crippen LogP) is 15.5. The second-order valence-corrected chi connectivity index (χ2v) is 17.4. The van der Waals surface area contributed by atoms with Gasteiger partial charge in [0, 0.05) is 45.0 Å². The first kappa shape index (κ1) is 35.8. The topological polar surface area (TPSA) is 6.48 Å². The Morgan fingerprint density at radius 3 is 1.29 bits per heavy atom. The van der Waals surface area contributed by atoms with Crippen molar-refractivity contribution in [2.24, 2.45) is 0 Å². The van der Waals surface area contributed by atoms with Gasteiger partial charge in [-0.3, -0.25) is 0 Å². The van der Waals surface area contributed by atoms with Gasteiger partial charge in [0.05, 0.1) is 0 Å². The minimum atomic E-state index is -0.206. The number of hydrogen-bond donors (Lipinski definition) is 0. The molecule has 0 aliphatic heterocycles. The Bertz CT molecular complexity index is 2490. The maximum atomic E-state index is 2.60. The first-order valence-electron chi connectivity index (χ1n) is 20.3. The van der Waals surface area contributed by atoms with E-state index < -0.39 is 0 Å². The van der Waals surface area contributed by atoms with Crippen LogP contribution in [0.15, 0.2) is 158 Å². The minimum absolute atomic E-state index is 0.194. The molecule has 0 spiro atoms. The molecular formula is C54H52N2. The van der Waals surface area contributed by atoms with Crippen LogP contribution in [0.1, 0.15) is 101 Å². The highest BCUT2D eigenvalue weighted by atomic mass is 15.1. The Kier molecular flexibility index (Phi) is 8.58. The van der Waals surface area contributed by atoms with Crippen LogP contribution in [0.3, 0.4) is 0 Å². The fourth-order valence-electron chi connectivity index (χ4n) is 9.85. The van der Waals surface area contributed by atoms with E-state index >= 15 is 0 Å². The number of anilines is 6. The van der Waals surface area contributed by atoms with Crippen molar-refractivity contribution >= 4 is 34.1 Å². The summed E-state index contributed by atoms with van der Waals surface area (Å²) < 4.78 is 0. The molecule has 0 atom stereocenters. The Balaban J connectivity index is 1.26. The van der Waals surface area contributed by atoms with Crippen molar-refractivity contribution in [1.82, 2.24) is 0 Å². The van der Waals surface area contributed by atoms with Crippen LogP contribution in [0.5, 0.6) is 0 Å². The van der Waals surface area contributed by atoms with Crippen LogP contribution in [0.4, 0.5) is 34.1 Å². The maximum Gasteiger partial charge on any atom is 0.0467 e. The van der Waals surface area contributed by atoms with Crippen LogP contribution >= 0.6 is 0 Å². The minimum Gasteiger partial charge on any atom is -0.310 e. The molecule has 0 unspecified atom stereocenters. The highest BCUT2D eigenvalue weighted by molar-refractivity contribution is 5.96. The van der Waals surface area contributed by atoms with Gasteiger partial charge in [0.1, 0.15) is 0 Å². The van der Waals surface area contributed by atoms with Crippen LogP contribution in [0, 0.1) is 0 Å². The van der Waals surface area contributed by atoms with E-state index in [2.05, 4.69) is 223 Å². The van der Waals surface area contributed by atoms with Crippen LogP contribution in [0.25, 0.3) is 22.3 Å². The highest BCUT2D eigenvalue weighted by Crippen LogP contribution is 2.61. The molecule has 0 bridgehead atoms. The molecule has 0 aromatic heterocycles. The van der Waals surface area contributed by atoms with Gasteiger partial charge >= 0.3 is 0 Å². The third-order valence-electron chi connectivity index (χ3n) is 12.5. The van der Waals surface area contributed by atoms with Gasteiger partial charge in [0.2, 0.25) is 0 Å². The maximum absolute atomic E-state index is 2.60. The number of para-hydroxylation sites is 4. The van der Waals surface area contributed by atoms with Gasteiger partial charge in [-0.1, -0.05) is 134 Å². The molecule has 0 heterocycles. The molecule has 0 radical (unpaired) electrons. The zero-order valence-electron chi connectivity index (χ0n) is 34.1. The second kappa shape index (κ2) is 13.4. The largest absolute Gasteiger partial charge is 0.310 e. The molecule has 0 N–H and O–H groups in total. The summed E-state index contributed by atoms with van der Waals surface area (Å²) in [5, 5.41) is 0. The molecule has 278 valence electrons. The van der Waals surface area contributed by atoms with E-state index in [0.717, 1.165) is 11.4 Å². The summed E-state index contributed by atoms with van der Waals surface area (Å²) in [5.41, 5.74) is 21.0. The normalized spacial score (nSPS) is 14.3. The summed E-state index contributed by atoms with van der Waals surface area (Å²) in [6.07, 6.45) is 0. The van der Waals surface area contributed by atoms with Gasteiger partial charge in [-0.25, -0.2) is 0 Å². The average molecular weight is 729 g/mol. The summed E-state index contributed by atoms with van der Waals surface area (Å²) >= 11 is 0. The van der Waals surface area contributed by atoms with Gasteiger partial charge in [-0.15, -0.1) is 0 Å². The third kappa shape index (κ3) is 5.53. The Morgan fingerprint density at radius 2 is 0.821 bits per heavy atom. The Labute approximate surface area is 334 Å². The van der Waals surface area contributed by atoms with Gasteiger partial charge in [0.25, 0.3) is 0 Å². The van der Waals surface area contributed by atoms with E-state index in [1.54, 1.807) is 0 Å². The van der Waals surface area contributed by atoms with Crippen molar-refractivity contribution in [3.63, 3.8) is 0 Å². The fourth-order valence-corrected chi connectivity index (χ4v) is 9.85. The molecule has 9 rings (SSSR count). The van der Waals surface area contributed by atoms with E-state index in [9.17, 15) is 0 Å². The fraction of sp³-hybridized carbons (Fsp3) is 0.222. The Morgan fingerprint density at radius 1 is 0.375 bits per heavy atom. The van der Waals surface area contributed by atoms with Gasteiger partial charge < -0.3 is 9.80 Å². The van der Waals surface area contributed by atoms with E-state index in [1.807, 2.05) is 0 Å². The van der Waals surface area contributed by atoms with Crippen LogP contribution < -0.4 is 9.80 Å². The van der Waals surface area contributed by atoms with Gasteiger partial charge in [-0.05, 0) is 146 Å². The average Bonchev–Trinajstić information content (AvgIpc) is 3.57. The van der Waals surface area contributed by atoms with Crippen molar-refractivity contribution in [1.29, 1.82) is 0 Å². The second-order valence-electron chi connectivity index (χ2n) is 17.4. The lowest BCUT2D eigenvalue weighted by Crippen LogP contribution is -2.20. The Hall–Kier alpha value is -5.86. The van der Waals surface area contributed by atoms with Gasteiger partial charge in [0.15, 0.2) is 0 Å². The molecule has 0 fully saturated rings. The molecule has 0 saturated heterocycles. The highest BCUT2D eigenvalue weighted by Gasteiger charge is 2.46. The number of fused-ring (bicyclic) bond motifs is 6. The number of rotatable bonds is 8. The van der Waals surface area contributed by atoms with Gasteiger partial charge in [-0.2, -0.15) is 0 Å². The monoisotopic (exact) mass is 728 g/mol. The zero-order chi connectivity index (χ0) is 38.9. The SMILES string of the molecule is CC(C)c1cc(N(c2ccccc2)c2ccccc2)cc2c1-c1cc3c(c(C(C)C)c1C2(C)C)-c1ccc(N(c2ccccc2)c2ccccc2)cc1C3(C)C. The van der Waals surface area contributed by atoms with E-state index in [-0.39, 0.29) is 10.8 Å². The molecule has 2 heteroatoms.